The Kier molecular flexibility index (Phi) is 10.3. The lowest BCUT2D eigenvalue weighted by molar-refractivity contribution is -0.0211. The molecule has 0 fully saturated rings. The second-order valence-electron chi connectivity index (χ2n) is 5.49. The highest BCUT2D eigenvalue weighted by molar-refractivity contribution is 5.04. The third-order valence-electron chi connectivity index (χ3n) is 3.15. The van der Waals surface area contributed by atoms with Gasteiger partial charge >= 0.3 is 0 Å². The van der Waals surface area contributed by atoms with Gasteiger partial charge in [0.2, 0.25) is 0 Å². The number of hydrogen-bond donors (Lipinski definition) is 1. The van der Waals surface area contributed by atoms with Gasteiger partial charge in [0.1, 0.15) is 6.79 Å². The van der Waals surface area contributed by atoms with Crippen molar-refractivity contribution in [3.8, 4) is 0 Å². The van der Waals surface area contributed by atoms with Gasteiger partial charge in [-0.05, 0) is 46.5 Å². The highest BCUT2D eigenvalue weighted by Crippen LogP contribution is 2.15. The van der Waals surface area contributed by atoms with E-state index in [0.717, 1.165) is 19.3 Å². The third kappa shape index (κ3) is 11.0. The summed E-state index contributed by atoms with van der Waals surface area (Å²) in [5.74, 6) is 0. The molecule has 0 spiro atoms. The van der Waals surface area contributed by atoms with Crippen molar-refractivity contribution in [2.24, 2.45) is 0 Å². The predicted molar refractivity (Wildman–Crippen MR) is 84.6 cm³/mol. The number of ether oxygens (including phenoxy) is 2. The first kappa shape index (κ1) is 19.1. The highest BCUT2D eigenvalue weighted by Gasteiger charge is 2.13. The van der Waals surface area contributed by atoms with E-state index < -0.39 is 5.60 Å². The molecule has 0 saturated heterocycles. The lowest BCUT2D eigenvalue weighted by Gasteiger charge is -2.16. The summed E-state index contributed by atoms with van der Waals surface area (Å²) in [4.78, 5) is 0. The fourth-order valence-electron chi connectivity index (χ4n) is 1.71. The van der Waals surface area contributed by atoms with E-state index in [1.807, 2.05) is 0 Å². The minimum absolute atomic E-state index is 0.341. The summed E-state index contributed by atoms with van der Waals surface area (Å²) < 4.78 is 10.1. The van der Waals surface area contributed by atoms with Gasteiger partial charge in [-0.15, -0.1) is 6.58 Å². The molecule has 1 atom stereocenters. The largest absolute Gasteiger partial charge is 0.386 e. The van der Waals surface area contributed by atoms with Crippen LogP contribution in [0.3, 0.4) is 0 Å². The van der Waals surface area contributed by atoms with Crippen LogP contribution in [-0.2, 0) is 9.47 Å². The summed E-state index contributed by atoms with van der Waals surface area (Å²) in [6.45, 7) is 10.6. The Labute approximate surface area is 124 Å². The van der Waals surface area contributed by atoms with E-state index in [4.69, 9.17) is 9.47 Å². The van der Waals surface area contributed by atoms with Crippen LogP contribution < -0.4 is 0 Å². The van der Waals surface area contributed by atoms with E-state index in [9.17, 15) is 5.11 Å². The summed E-state index contributed by atoms with van der Waals surface area (Å²) in [6.07, 6.45) is 9.65. The van der Waals surface area contributed by atoms with Crippen molar-refractivity contribution in [1.29, 1.82) is 0 Å². The fraction of sp³-hybridized carbons (Fsp3) is 0.647. The van der Waals surface area contributed by atoms with E-state index in [1.165, 1.54) is 11.1 Å². The molecule has 0 aliphatic carbocycles. The Morgan fingerprint density at radius 2 is 1.85 bits per heavy atom. The molecular formula is C17H30O3. The Hall–Kier alpha value is -0.900. The smallest absolute Gasteiger partial charge is 0.146 e. The zero-order valence-electron chi connectivity index (χ0n) is 13.4. The lowest BCUT2D eigenvalue weighted by Crippen LogP contribution is -2.19. The molecule has 1 N–H and O–H groups in total. The predicted octanol–water partition coefficient (Wildman–Crippen LogP) is 4.00. The standard InChI is InChI=1S/C17H30O3/c1-6-17(4,18)12-8-11-15(2)9-7-10-16(3)13-20-14-19-5/h6,10-11,18H,1,7-9,12-14H2,2-5H3. The molecule has 0 rings (SSSR count). The molecule has 3 nitrogen and oxygen atoms in total. The SMILES string of the molecule is C=CC(C)(O)CCC=C(C)CCC=C(C)COCOC. The zero-order valence-corrected chi connectivity index (χ0v) is 13.4. The lowest BCUT2D eigenvalue weighted by atomic mass is 9.99. The van der Waals surface area contributed by atoms with E-state index in [-0.39, 0.29) is 0 Å². The molecule has 0 aromatic carbocycles. The Balaban J connectivity index is 3.88. The van der Waals surface area contributed by atoms with Gasteiger partial charge in [0.05, 0.1) is 12.2 Å². The first-order chi connectivity index (χ1) is 9.41. The van der Waals surface area contributed by atoms with E-state index in [1.54, 1.807) is 20.1 Å². The van der Waals surface area contributed by atoms with Crippen LogP contribution in [0.4, 0.5) is 0 Å². The first-order valence-corrected chi connectivity index (χ1v) is 7.15. The molecule has 0 aromatic heterocycles. The maximum absolute atomic E-state index is 9.81. The molecule has 3 heteroatoms. The molecule has 1 unspecified atom stereocenters. The van der Waals surface area contributed by atoms with Gasteiger partial charge in [-0.25, -0.2) is 0 Å². The summed E-state index contributed by atoms with van der Waals surface area (Å²) in [7, 11) is 1.62. The molecule has 116 valence electrons. The maximum atomic E-state index is 9.81. The van der Waals surface area contributed by atoms with Crippen molar-refractivity contribution in [2.75, 3.05) is 20.5 Å². The van der Waals surface area contributed by atoms with E-state index in [0.29, 0.717) is 19.8 Å². The van der Waals surface area contributed by atoms with Gasteiger partial charge in [0.15, 0.2) is 0 Å². The first-order valence-electron chi connectivity index (χ1n) is 7.15. The Morgan fingerprint density at radius 1 is 1.20 bits per heavy atom. The number of hydrogen-bond acceptors (Lipinski definition) is 3. The van der Waals surface area contributed by atoms with Gasteiger partial charge in [-0.1, -0.05) is 29.4 Å². The monoisotopic (exact) mass is 282 g/mol. The summed E-state index contributed by atoms with van der Waals surface area (Å²) in [6, 6.07) is 0. The van der Waals surface area contributed by atoms with Gasteiger partial charge < -0.3 is 14.6 Å². The van der Waals surface area contributed by atoms with Crippen molar-refractivity contribution in [1.82, 2.24) is 0 Å². The molecule has 0 aromatic rings. The molecule has 0 radical (unpaired) electrons. The topological polar surface area (TPSA) is 38.7 Å². The van der Waals surface area contributed by atoms with Crippen molar-refractivity contribution >= 4 is 0 Å². The fourth-order valence-corrected chi connectivity index (χ4v) is 1.71. The Bertz CT molecular complexity index is 327. The second-order valence-corrected chi connectivity index (χ2v) is 5.49. The van der Waals surface area contributed by atoms with Gasteiger partial charge in [0.25, 0.3) is 0 Å². The molecule has 0 bridgehead atoms. The van der Waals surface area contributed by atoms with Crippen LogP contribution >= 0.6 is 0 Å². The molecule has 0 aliphatic rings. The average Bonchev–Trinajstić information content (AvgIpc) is 2.39. The van der Waals surface area contributed by atoms with E-state index >= 15 is 0 Å². The quantitative estimate of drug-likeness (QED) is 0.354. The normalized spacial score (nSPS) is 16.1. The van der Waals surface area contributed by atoms with Gasteiger partial charge in [-0.3, -0.25) is 0 Å². The average molecular weight is 282 g/mol. The van der Waals surface area contributed by atoms with Crippen LogP contribution in [0.15, 0.2) is 36.0 Å². The van der Waals surface area contributed by atoms with E-state index in [2.05, 4.69) is 32.6 Å². The van der Waals surface area contributed by atoms with Crippen molar-refractivity contribution in [3.63, 3.8) is 0 Å². The van der Waals surface area contributed by atoms with Gasteiger partial charge in [-0.2, -0.15) is 0 Å². The summed E-state index contributed by atoms with van der Waals surface area (Å²) >= 11 is 0. The molecule has 20 heavy (non-hydrogen) atoms. The Morgan fingerprint density at radius 3 is 2.45 bits per heavy atom. The maximum Gasteiger partial charge on any atom is 0.146 e. The van der Waals surface area contributed by atoms with Crippen molar-refractivity contribution in [2.45, 2.75) is 52.1 Å². The highest BCUT2D eigenvalue weighted by atomic mass is 16.7. The van der Waals surface area contributed by atoms with Crippen molar-refractivity contribution < 1.29 is 14.6 Å². The van der Waals surface area contributed by atoms with Gasteiger partial charge in [0, 0.05) is 7.11 Å². The number of allylic oxidation sites excluding steroid dienone is 3. The number of aliphatic hydroxyl groups is 1. The summed E-state index contributed by atoms with van der Waals surface area (Å²) in [5.41, 5.74) is 1.82. The van der Waals surface area contributed by atoms with Crippen LogP contribution in [-0.4, -0.2) is 31.2 Å². The summed E-state index contributed by atoms with van der Waals surface area (Å²) in [5, 5.41) is 9.81. The minimum Gasteiger partial charge on any atom is -0.386 e. The van der Waals surface area contributed by atoms with Crippen LogP contribution in [0.5, 0.6) is 0 Å². The molecule has 0 heterocycles. The second kappa shape index (κ2) is 10.8. The van der Waals surface area contributed by atoms with Crippen molar-refractivity contribution in [3.05, 3.63) is 36.0 Å². The van der Waals surface area contributed by atoms with Crippen LogP contribution in [0.25, 0.3) is 0 Å². The molecular weight excluding hydrogens is 252 g/mol. The van der Waals surface area contributed by atoms with Crippen LogP contribution in [0, 0.1) is 0 Å². The zero-order chi connectivity index (χ0) is 15.4. The molecule has 0 aliphatic heterocycles. The third-order valence-corrected chi connectivity index (χ3v) is 3.15. The molecule has 0 saturated carbocycles. The minimum atomic E-state index is -0.758. The number of rotatable bonds is 11. The van der Waals surface area contributed by atoms with Crippen LogP contribution in [0.2, 0.25) is 0 Å². The number of methoxy groups -OCH3 is 1. The molecule has 0 amide bonds. The van der Waals surface area contributed by atoms with Crippen LogP contribution in [0.1, 0.15) is 46.5 Å².